The molecule has 0 saturated carbocycles. The molecule has 1 N–H and O–H groups in total. The molecular weight excluding hydrogens is 404 g/mol. The van der Waals surface area contributed by atoms with Gasteiger partial charge in [-0.25, -0.2) is 13.4 Å². The average molecular weight is 418 g/mol. The molecule has 1 aromatic carbocycles. The lowest BCUT2D eigenvalue weighted by molar-refractivity contribution is 0.600. The fourth-order valence-corrected chi connectivity index (χ4v) is 3.27. The van der Waals surface area contributed by atoms with Gasteiger partial charge in [-0.05, 0) is 63.6 Å². The van der Waals surface area contributed by atoms with Crippen LogP contribution in [0.5, 0.6) is 0 Å². The van der Waals surface area contributed by atoms with Crippen LogP contribution in [-0.4, -0.2) is 31.7 Å². The van der Waals surface area contributed by atoms with Crippen LogP contribution >= 0.6 is 27.5 Å². The molecule has 0 amide bonds. The van der Waals surface area contributed by atoms with E-state index in [2.05, 4.69) is 31.2 Å². The summed E-state index contributed by atoms with van der Waals surface area (Å²) >= 11 is 9.19. The van der Waals surface area contributed by atoms with Gasteiger partial charge in [0, 0.05) is 13.2 Å². The average Bonchev–Trinajstić information content (AvgIpc) is 2.44. The number of halogens is 2. The summed E-state index contributed by atoms with van der Waals surface area (Å²) < 4.78 is 25.7. The van der Waals surface area contributed by atoms with Gasteiger partial charge in [0.05, 0.1) is 22.1 Å². The largest absolute Gasteiger partial charge is 0.337 e. The molecule has 2 aromatic rings. The fourth-order valence-electron chi connectivity index (χ4n) is 2.33. The van der Waals surface area contributed by atoms with E-state index >= 15 is 0 Å². The van der Waals surface area contributed by atoms with Gasteiger partial charge in [0.25, 0.3) is 0 Å². The van der Waals surface area contributed by atoms with Crippen molar-refractivity contribution in [2.24, 2.45) is 0 Å². The minimum atomic E-state index is -3.37. The predicted octanol–water partition coefficient (Wildman–Crippen LogP) is 3.13. The molecule has 0 saturated heterocycles. The van der Waals surface area contributed by atoms with Gasteiger partial charge in [-0.15, -0.1) is 0 Å². The van der Waals surface area contributed by atoms with Crippen molar-refractivity contribution in [1.82, 2.24) is 9.97 Å². The maximum Gasteiger partial charge on any atom is 0.232 e. The van der Waals surface area contributed by atoms with E-state index in [9.17, 15) is 8.42 Å². The number of aryl methyl sites for hydroxylation is 2. The quantitative estimate of drug-likeness (QED) is 0.774. The van der Waals surface area contributed by atoms with Gasteiger partial charge in [0.2, 0.25) is 15.3 Å². The summed E-state index contributed by atoms with van der Waals surface area (Å²) in [7, 11) is -1.84. The van der Waals surface area contributed by atoms with Gasteiger partial charge >= 0.3 is 0 Å². The number of benzene rings is 1. The van der Waals surface area contributed by atoms with Crippen LogP contribution < -0.4 is 9.62 Å². The first-order valence-electron chi connectivity index (χ1n) is 6.80. The van der Waals surface area contributed by atoms with Crippen LogP contribution in [0.2, 0.25) is 5.28 Å². The molecule has 3 rings (SSSR count). The first-order valence-corrected chi connectivity index (χ1v) is 9.82. The van der Waals surface area contributed by atoms with Crippen molar-refractivity contribution in [3.8, 4) is 0 Å². The second-order valence-electron chi connectivity index (χ2n) is 5.33. The Balaban J connectivity index is 2.08. The fraction of sp³-hybridized carbons (Fsp3) is 0.286. The van der Waals surface area contributed by atoms with Crippen LogP contribution in [0, 0.1) is 0 Å². The number of sulfonamides is 1. The van der Waals surface area contributed by atoms with Crippen LogP contribution in [-0.2, 0) is 22.9 Å². The highest BCUT2D eigenvalue weighted by molar-refractivity contribution is 9.10. The van der Waals surface area contributed by atoms with Crippen molar-refractivity contribution in [1.29, 1.82) is 0 Å². The topological polar surface area (TPSA) is 75.2 Å². The summed E-state index contributed by atoms with van der Waals surface area (Å²) in [6, 6.07) is 3.86. The molecule has 1 aliphatic rings. The molecular formula is C14H14BrClN4O2S. The first kappa shape index (κ1) is 16.5. The molecule has 0 radical (unpaired) electrons. The molecule has 0 fully saturated rings. The Morgan fingerprint density at radius 2 is 1.96 bits per heavy atom. The summed E-state index contributed by atoms with van der Waals surface area (Å²) in [6.45, 7) is 0. The maximum absolute atomic E-state index is 11.9. The molecule has 9 heteroatoms. The van der Waals surface area contributed by atoms with Crippen LogP contribution in [0.25, 0.3) is 0 Å². The number of rotatable bonds is 4. The molecule has 0 bridgehead atoms. The third-order valence-electron chi connectivity index (χ3n) is 3.79. The highest BCUT2D eigenvalue weighted by atomic mass is 79.9. The third kappa shape index (κ3) is 3.29. The Morgan fingerprint density at radius 3 is 2.57 bits per heavy atom. The van der Waals surface area contributed by atoms with Crippen LogP contribution in [0.15, 0.2) is 22.8 Å². The van der Waals surface area contributed by atoms with E-state index in [-0.39, 0.29) is 5.28 Å². The van der Waals surface area contributed by atoms with E-state index in [0.717, 1.165) is 12.8 Å². The second-order valence-corrected chi connectivity index (χ2v) is 8.54. The lowest BCUT2D eigenvalue weighted by atomic mass is 9.87. The molecule has 0 aliphatic heterocycles. The van der Waals surface area contributed by atoms with Gasteiger partial charge in [-0.3, -0.25) is 4.31 Å². The molecule has 1 aromatic heterocycles. The van der Waals surface area contributed by atoms with Crippen molar-refractivity contribution in [3.63, 3.8) is 0 Å². The van der Waals surface area contributed by atoms with E-state index in [0.29, 0.717) is 21.7 Å². The number of aromatic nitrogens is 2. The monoisotopic (exact) mass is 416 g/mol. The Morgan fingerprint density at radius 1 is 1.30 bits per heavy atom. The van der Waals surface area contributed by atoms with Crippen LogP contribution in [0.4, 0.5) is 17.2 Å². The molecule has 23 heavy (non-hydrogen) atoms. The molecule has 0 spiro atoms. The number of nitrogens with one attached hydrogen (secondary N) is 1. The number of fused-ring (bicyclic) bond motifs is 1. The molecule has 1 aliphatic carbocycles. The van der Waals surface area contributed by atoms with Gasteiger partial charge in [0.15, 0.2) is 0 Å². The number of nitrogens with zero attached hydrogens (tertiary/aromatic N) is 3. The van der Waals surface area contributed by atoms with Crippen LogP contribution in [0.1, 0.15) is 11.1 Å². The normalized spacial score (nSPS) is 13.2. The zero-order chi connectivity index (χ0) is 16.8. The highest BCUT2D eigenvalue weighted by Crippen LogP contribution is 2.37. The summed E-state index contributed by atoms with van der Waals surface area (Å²) in [5.41, 5.74) is 3.61. The summed E-state index contributed by atoms with van der Waals surface area (Å²) in [5, 5.41) is 3.26. The lowest BCUT2D eigenvalue weighted by Gasteiger charge is -2.27. The Hall–Kier alpha value is -1.38. The Bertz CT molecular complexity index is 889. The van der Waals surface area contributed by atoms with Crippen LogP contribution in [0.3, 0.4) is 0 Å². The van der Waals surface area contributed by atoms with Gasteiger partial charge in [-0.2, -0.15) is 4.98 Å². The smallest absolute Gasteiger partial charge is 0.232 e. The van der Waals surface area contributed by atoms with Gasteiger partial charge in [-0.1, -0.05) is 0 Å². The van der Waals surface area contributed by atoms with Gasteiger partial charge < -0.3 is 5.32 Å². The van der Waals surface area contributed by atoms with E-state index in [1.54, 1.807) is 6.20 Å². The number of hydrogen-bond donors (Lipinski definition) is 1. The van der Waals surface area contributed by atoms with E-state index in [1.807, 2.05) is 12.1 Å². The summed E-state index contributed by atoms with van der Waals surface area (Å²) in [6.07, 6.45) is 4.66. The summed E-state index contributed by atoms with van der Waals surface area (Å²) in [4.78, 5) is 8.01. The van der Waals surface area contributed by atoms with Crippen molar-refractivity contribution in [2.45, 2.75) is 12.8 Å². The van der Waals surface area contributed by atoms with Crippen molar-refractivity contribution in [2.75, 3.05) is 22.9 Å². The minimum absolute atomic E-state index is 0.109. The lowest BCUT2D eigenvalue weighted by Crippen LogP contribution is -2.26. The summed E-state index contributed by atoms with van der Waals surface area (Å²) in [5.74, 6) is 0.479. The first-order chi connectivity index (χ1) is 10.8. The van der Waals surface area contributed by atoms with E-state index < -0.39 is 10.0 Å². The van der Waals surface area contributed by atoms with Crippen molar-refractivity contribution in [3.05, 3.63) is 39.2 Å². The standard InChI is InChI=1S/C14H14BrClN4O2S/c1-20(23(2,21)22)12-6-9-4-3-8(9)5-11(12)18-13-10(15)7-17-14(16)19-13/h5-7H,3-4H2,1-2H3,(H,17,18,19). The molecule has 0 atom stereocenters. The van der Waals surface area contributed by atoms with Crippen molar-refractivity contribution >= 4 is 54.7 Å². The second kappa shape index (κ2) is 5.92. The molecule has 0 unspecified atom stereocenters. The Kier molecular flexibility index (Phi) is 4.24. The molecule has 1 heterocycles. The van der Waals surface area contributed by atoms with E-state index in [1.165, 1.54) is 28.7 Å². The zero-order valence-corrected chi connectivity index (χ0v) is 15.6. The predicted molar refractivity (Wildman–Crippen MR) is 95.1 cm³/mol. The van der Waals surface area contributed by atoms with E-state index in [4.69, 9.17) is 11.6 Å². The van der Waals surface area contributed by atoms with Gasteiger partial charge in [0.1, 0.15) is 5.82 Å². The van der Waals surface area contributed by atoms with Crippen molar-refractivity contribution < 1.29 is 8.42 Å². The number of anilines is 3. The zero-order valence-electron chi connectivity index (χ0n) is 12.5. The molecule has 6 nitrogen and oxygen atoms in total. The minimum Gasteiger partial charge on any atom is -0.337 e. The highest BCUT2D eigenvalue weighted by Gasteiger charge is 2.22. The third-order valence-corrected chi connectivity index (χ3v) is 5.74. The number of hydrogen-bond acceptors (Lipinski definition) is 5. The SMILES string of the molecule is CN(c1cc2c(cc1Nc1nc(Cl)ncc1Br)CC2)S(C)(=O)=O. The Labute approximate surface area is 148 Å². The molecule has 122 valence electrons. The maximum atomic E-state index is 11.9.